The van der Waals surface area contributed by atoms with Gasteiger partial charge in [-0.25, -0.2) is 0 Å². The third-order valence-electron chi connectivity index (χ3n) is 1.61. The van der Waals surface area contributed by atoms with Crippen LogP contribution in [0.15, 0.2) is 4.99 Å². The molecule has 0 saturated heterocycles. The molecule has 74 valence electrons. The highest BCUT2D eigenvalue weighted by Crippen LogP contribution is 1.90. The minimum absolute atomic E-state index is 0.444. The second-order valence-corrected chi connectivity index (χ2v) is 2.47. The zero-order chi connectivity index (χ0) is 10.1. The fraction of sp³-hybridized carbons (Fsp3) is 0.750. The molecule has 0 amide bonds. The summed E-state index contributed by atoms with van der Waals surface area (Å²) in [5.41, 5.74) is 5.61. The lowest BCUT2D eigenvalue weighted by molar-refractivity contribution is 0.176. The Morgan fingerprint density at radius 1 is 1.62 bits per heavy atom. The summed E-state index contributed by atoms with van der Waals surface area (Å²) in [4.78, 5) is 5.68. The van der Waals surface area contributed by atoms with Gasteiger partial charge in [0.15, 0.2) is 5.96 Å². The second-order valence-electron chi connectivity index (χ2n) is 2.47. The molecular weight excluding hydrogens is 168 g/mol. The SMILES string of the molecule is CN=C(N)N(CCC#N)CCOC. The quantitative estimate of drug-likeness (QED) is 0.474. The molecule has 0 aromatic carbocycles. The lowest BCUT2D eigenvalue weighted by Gasteiger charge is -2.21. The Bertz CT molecular complexity index is 197. The van der Waals surface area contributed by atoms with Crippen molar-refractivity contribution in [2.75, 3.05) is 33.9 Å². The van der Waals surface area contributed by atoms with Crippen LogP contribution in [-0.2, 0) is 4.74 Å². The minimum atomic E-state index is 0.444. The molecule has 13 heavy (non-hydrogen) atoms. The van der Waals surface area contributed by atoms with Gasteiger partial charge in [-0.2, -0.15) is 5.26 Å². The summed E-state index contributed by atoms with van der Waals surface area (Å²) in [5.74, 6) is 0.451. The molecule has 0 bridgehead atoms. The first kappa shape index (κ1) is 11.7. The van der Waals surface area contributed by atoms with Crippen LogP contribution in [0.2, 0.25) is 0 Å². The molecule has 0 rings (SSSR count). The molecule has 0 atom stereocenters. The number of nitriles is 1. The fourth-order valence-corrected chi connectivity index (χ4v) is 0.869. The van der Waals surface area contributed by atoms with Gasteiger partial charge in [-0.3, -0.25) is 4.99 Å². The molecule has 0 unspecified atom stereocenters. The van der Waals surface area contributed by atoms with Crippen molar-refractivity contribution in [2.45, 2.75) is 6.42 Å². The number of guanidine groups is 1. The topological polar surface area (TPSA) is 74.6 Å². The molecule has 0 aliphatic rings. The molecule has 2 N–H and O–H groups in total. The van der Waals surface area contributed by atoms with E-state index in [1.807, 2.05) is 4.90 Å². The van der Waals surface area contributed by atoms with E-state index >= 15 is 0 Å². The van der Waals surface area contributed by atoms with Crippen molar-refractivity contribution in [3.63, 3.8) is 0 Å². The van der Waals surface area contributed by atoms with Gasteiger partial charge < -0.3 is 15.4 Å². The van der Waals surface area contributed by atoms with Crippen molar-refractivity contribution in [1.29, 1.82) is 5.26 Å². The predicted molar refractivity (Wildman–Crippen MR) is 51.2 cm³/mol. The number of aliphatic imine (C=N–C) groups is 1. The van der Waals surface area contributed by atoms with Crippen molar-refractivity contribution in [2.24, 2.45) is 10.7 Å². The van der Waals surface area contributed by atoms with Gasteiger partial charge in [0.25, 0.3) is 0 Å². The predicted octanol–water partition coefficient (Wildman–Crippen LogP) is -0.207. The Morgan fingerprint density at radius 3 is 2.77 bits per heavy atom. The Labute approximate surface area is 78.8 Å². The van der Waals surface area contributed by atoms with Crippen molar-refractivity contribution < 1.29 is 4.74 Å². The number of nitrogens with zero attached hydrogens (tertiary/aromatic N) is 3. The largest absolute Gasteiger partial charge is 0.383 e. The number of methoxy groups -OCH3 is 1. The molecule has 0 aliphatic carbocycles. The maximum absolute atomic E-state index is 8.41. The Hall–Kier alpha value is -1.28. The number of rotatable bonds is 5. The summed E-state index contributed by atoms with van der Waals surface area (Å²) >= 11 is 0. The Morgan fingerprint density at radius 2 is 2.31 bits per heavy atom. The van der Waals surface area contributed by atoms with Crippen LogP contribution in [0.5, 0.6) is 0 Å². The van der Waals surface area contributed by atoms with Crippen LogP contribution < -0.4 is 5.73 Å². The van der Waals surface area contributed by atoms with Crippen molar-refractivity contribution >= 4 is 5.96 Å². The maximum atomic E-state index is 8.41. The highest BCUT2D eigenvalue weighted by Gasteiger charge is 2.05. The fourth-order valence-electron chi connectivity index (χ4n) is 0.869. The van der Waals surface area contributed by atoms with E-state index in [0.29, 0.717) is 32.1 Å². The molecule has 0 heterocycles. The average Bonchev–Trinajstić information content (AvgIpc) is 2.17. The summed E-state index contributed by atoms with van der Waals surface area (Å²) in [5, 5.41) is 8.41. The van der Waals surface area contributed by atoms with Crippen LogP contribution >= 0.6 is 0 Å². The van der Waals surface area contributed by atoms with E-state index in [1.54, 1.807) is 14.2 Å². The van der Waals surface area contributed by atoms with Crippen molar-refractivity contribution in [3.8, 4) is 6.07 Å². The molecule has 0 aliphatic heterocycles. The Balaban J connectivity index is 3.96. The van der Waals surface area contributed by atoms with Crippen LogP contribution in [0.1, 0.15) is 6.42 Å². The van der Waals surface area contributed by atoms with Crippen LogP contribution in [0.3, 0.4) is 0 Å². The lowest BCUT2D eigenvalue weighted by Crippen LogP contribution is -2.39. The number of ether oxygens (including phenoxy) is 1. The summed E-state index contributed by atoms with van der Waals surface area (Å²) in [6, 6.07) is 2.06. The van der Waals surface area contributed by atoms with E-state index in [-0.39, 0.29) is 0 Å². The van der Waals surface area contributed by atoms with Gasteiger partial charge in [-0.05, 0) is 0 Å². The van der Waals surface area contributed by atoms with Crippen LogP contribution in [0.4, 0.5) is 0 Å². The summed E-state index contributed by atoms with van der Waals surface area (Å²) in [6.45, 7) is 1.85. The molecule has 0 spiro atoms. The van der Waals surface area contributed by atoms with Gasteiger partial charge in [0.1, 0.15) is 0 Å². The molecule has 0 saturated carbocycles. The van der Waals surface area contributed by atoms with Gasteiger partial charge >= 0.3 is 0 Å². The average molecular weight is 184 g/mol. The summed E-state index contributed by atoms with van der Waals surface area (Å²) < 4.78 is 4.91. The molecule has 0 aromatic heterocycles. The van der Waals surface area contributed by atoms with Gasteiger partial charge in [-0.1, -0.05) is 0 Å². The highest BCUT2D eigenvalue weighted by atomic mass is 16.5. The monoisotopic (exact) mass is 184 g/mol. The first-order chi connectivity index (χ1) is 6.26. The van der Waals surface area contributed by atoms with Gasteiger partial charge in [0.2, 0.25) is 0 Å². The van der Waals surface area contributed by atoms with Crippen LogP contribution in [0.25, 0.3) is 0 Å². The van der Waals surface area contributed by atoms with Crippen LogP contribution in [-0.4, -0.2) is 44.7 Å². The number of hydrogen-bond donors (Lipinski definition) is 1. The molecule has 5 nitrogen and oxygen atoms in total. The molecule has 5 heteroatoms. The molecule has 0 fully saturated rings. The molecule has 0 radical (unpaired) electrons. The van der Waals surface area contributed by atoms with Crippen molar-refractivity contribution in [3.05, 3.63) is 0 Å². The molecular formula is C8H16N4O. The smallest absolute Gasteiger partial charge is 0.191 e. The zero-order valence-corrected chi connectivity index (χ0v) is 8.16. The third-order valence-corrected chi connectivity index (χ3v) is 1.61. The molecule has 0 aromatic rings. The Kier molecular flexibility index (Phi) is 6.65. The van der Waals surface area contributed by atoms with E-state index in [9.17, 15) is 0 Å². The van der Waals surface area contributed by atoms with E-state index in [1.165, 1.54) is 0 Å². The van der Waals surface area contributed by atoms with Gasteiger partial charge in [-0.15, -0.1) is 0 Å². The standard InChI is InChI=1S/C8H16N4O/c1-11-8(10)12(5-3-4-9)6-7-13-2/h3,5-7H2,1-2H3,(H2,10,11). The maximum Gasteiger partial charge on any atom is 0.191 e. The normalized spacial score (nSPS) is 11.0. The first-order valence-electron chi connectivity index (χ1n) is 4.09. The third kappa shape index (κ3) is 5.04. The van der Waals surface area contributed by atoms with Gasteiger partial charge in [0.05, 0.1) is 19.1 Å². The van der Waals surface area contributed by atoms with E-state index in [0.717, 1.165) is 0 Å². The highest BCUT2D eigenvalue weighted by molar-refractivity contribution is 5.77. The lowest BCUT2D eigenvalue weighted by atomic mass is 10.4. The van der Waals surface area contributed by atoms with E-state index in [4.69, 9.17) is 15.7 Å². The number of hydrogen-bond acceptors (Lipinski definition) is 3. The van der Waals surface area contributed by atoms with Gasteiger partial charge in [0, 0.05) is 27.2 Å². The number of nitrogens with two attached hydrogens (primary N) is 1. The van der Waals surface area contributed by atoms with Crippen LogP contribution in [0, 0.1) is 11.3 Å². The zero-order valence-electron chi connectivity index (χ0n) is 8.16. The minimum Gasteiger partial charge on any atom is -0.383 e. The second kappa shape index (κ2) is 7.37. The summed E-state index contributed by atoms with van der Waals surface area (Å²) in [7, 11) is 3.25. The van der Waals surface area contributed by atoms with Crippen molar-refractivity contribution in [1.82, 2.24) is 4.90 Å². The summed E-state index contributed by atoms with van der Waals surface area (Å²) in [6.07, 6.45) is 0.444. The van der Waals surface area contributed by atoms with E-state index in [2.05, 4.69) is 11.1 Å². The van der Waals surface area contributed by atoms with E-state index < -0.39 is 0 Å². The first-order valence-corrected chi connectivity index (χ1v) is 4.09.